The lowest BCUT2D eigenvalue weighted by Crippen LogP contribution is -2.22. The first-order chi connectivity index (χ1) is 9.24. The third-order valence-electron chi connectivity index (χ3n) is 2.79. The first-order valence-electron chi connectivity index (χ1n) is 5.82. The lowest BCUT2D eigenvalue weighted by molar-refractivity contribution is -0.0941. The molecule has 1 aromatic heterocycles. The molecular formula is C12H12ClN3O3. The fourth-order valence-corrected chi connectivity index (χ4v) is 2.02. The quantitative estimate of drug-likeness (QED) is 0.848. The molecule has 0 spiro atoms. The molecule has 0 aliphatic carbocycles. The lowest BCUT2D eigenvalue weighted by atomic mass is 10.2. The first kappa shape index (κ1) is 12.4. The van der Waals surface area contributed by atoms with Crippen molar-refractivity contribution >= 4 is 17.3 Å². The van der Waals surface area contributed by atoms with Crippen LogP contribution in [0, 0.1) is 0 Å². The minimum atomic E-state index is -0.292. The van der Waals surface area contributed by atoms with E-state index in [0.717, 1.165) is 0 Å². The number of aromatic nitrogens is 2. The van der Waals surface area contributed by atoms with Crippen molar-refractivity contribution in [2.24, 2.45) is 0 Å². The van der Waals surface area contributed by atoms with Crippen LogP contribution in [-0.4, -0.2) is 30.0 Å². The fraction of sp³-hybridized carbons (Fsp3) is 0.333. The summed E-state index contributed by atoms with van der Waals surface area (Å²) < 4.78 is 16.0. The topological polar surface area (TPSA) is 83.4 Å². The largest absolute Gasteiger partial charge is 0.398 e. The highest BCUT2D eigenvalue weighted by molar-refractivity contribution is 6.31. The number of ether oxygens (including phenoxy) is 2. The van der Waals surface area contributed by atoms with Crippen LogP contribution >= 0.6 is 11.6 Å². The van der Waals surface area contributed by atoms with Gasteiger partial charge in [0, 0.05) is 10.7 Å². The Labute approximate surface area is 114 Å². The summed E-state index contributed by atoms with van der Waals surface area (Å²) in [4.78, 5) is 4.29. The molecule has 2 N–H and O–H groups in total. The van der Waals surface area contributed by atoms with E-state index >= 15 is 0 Å². The van der Waals surface area contributed by atoms with Gasteiger partial charge >= 0.3 is 0 Å². The molecule has 100 valence electrons. The van der Waals surface area contributed by atoms with E-state index in [9.17, 15) is 0 Å². The molecule has 3 rings (SSSR count). The monoisotopic (exact) mass is 281 g/mol. The third kappa shape index (κ3) is 2.56. The van der Waals surface area contributed by atoms with Crippen molar-refractivity contribution in [1.29, 1.82) is 0 Å². The fourth-order valence-electron chi connectivity index (χ4n) is 1.84. The number of halogens is 1. The van der Waals surface area contributed by atoms with Crippen LogP contribution in [0.15, 0.2) is 22.7 Å². The summed E-state index contributed by atoms with van der Waals surface area (Å²) in [6, 6.07) is 5.10. The van der Waals surface area contributed by atoms with Gasteiger partial charge in [-0.2, -0.15) is 4.98 Å². The molecule has 2 heterocycles. The molecule has 2 aromatic rings. The Bertz CT molecular complexity index is 581. The minimum absolute atomic E-state index is 0.292. The van der Waals surface area contributed by atoms with Crippen LogP contribution in [0.4, 0.5) is 5.69 Å². The van der Waals surface area contributed by atoms with Crippen molar-refractivity contribution in [3.8, 4) is 11.5 Å². The maximum absolute atomic E-state index is 5.87. The number of hydrogen-bond donors (Lipinski definition) is 1. The number of nitrogens with two attached hydrogens (primary N) is 1. The molecule has 1 fully saturated rings. The van der Waals surface area contributed by atoms with Gasteiger partial charge in [-0.3, -0.25) is 0 Å². The molecule has 0 radical (unpaired) electrons. The van der Waals surface area contributed by atoms with Crippen molar-refractivity contribution in [1.82, 2.24) is 10.1 Å². The Morgan fingerprint density at radius 1 is 1.32 bits per heavy atom. The minimum Gasteiger partial charge on any atom is -0.398 e. The van der Waals surface area contributed by atoms with Crippen molar-refractivity contribution in [3.05, 3.63) is 29.0 Å². The number of nitrogen functional groups attached to an aromatic ring is 1. The van der Waals surface area contributed by atoms with E-state index in [4.69, 9.17) is 31.3 Å². The van der Waals surface area contributed by atoms with E-state index in [-0.39, 0.29) is 6.10 Å². The molecule has 7 heteroatoms. The van der Waals surface area contributed by atoms with Crippen molar-refractivity contribution in [2.45, 2.75) is 6.10 Å². The smallest absolute Gasteiger partial charge is 0.260 e. The number of rotatable bonds is 2. The van der Waals surface area contributed by atoms with Crippen molar-refractivity contribution in [3.63, 3.8) is 0 Å². The van der Waals surface area contributed by atoms with Gasteiger partial charge in [-0.15, -0.1) is 0 Å². The standard InChI is InChI=1S/C12H12ClN3O3/c13-7-1-2-8(9(14)5-7)12-15-11(16-19-12)10-6-17-3-4-18-10/h1-2,5,10H,3-4,6,14H2. The molecule has 0 amide bonds. The molecular weight excluding hydrogens is 270 g/mol. The highest BCUT2D eigenvalue weighted by atomic mass is 35.5. The summed E-state index contributed by atoms with van der Waals surface area (Å²) in [5.41, 5.74) is 7.01. The summed E-state index contributed by atoms with van der Waals surface area (Å²) in [7, 11) is 0. The van der Waals surface area contributed by atoms with E-state index in [2.05, 4.69) is 10.1 Å². The van der Waals surface area contributed by atoms with Gasteiger partial charge in [0.05, 0.1) is 25.4 Å². The maximum atomic E-state index is 5.87. The van der Waals surface area contributed by atoms with Crippen molar-refractivity contribution in [2.75, 3.05) is 25.6 Å². The van der Waals surface area contributed by atoms with Crippen LogP contribution in [0.25, 0.3) is 11.5 Å². The Balaban J connectivity index is 1.87. The molecule has 1 aromatic carbocycles. The molecule has 1 aliphatic heterocycles. The van der Waals surface area contributed by atoms with Crippen LogP contribution in [0.3, 0.4) is 0 Å². The Morgan fingerprint density at radius 3 is 2.95 bits per heavy atom. The molecule has 1 saturated heterocycles. The average Bonchev–Trinajstić information content (AvgIpc) is 2.89. The normalized spacial score (nSPS) is 19.5. The Hall–Kier alpha value is -1.63. The molecule has 1 aliphatic rings. The van der Waals surface area contributed by atoms with E-state index in [0.29, 0.717) is 47.8 Å². The van der Waals surface area contributed by atoms with E-state index in [1.54, 1.807) is 18.2 Å². The summed E-state index contributed by atoms with van der Waals surface area (Å²) in [6.07, 6.45) is -0.292. The Kier molecular flexibility index (Phi) is 3.37. The van der Waals surface area contributed by atoms with Crippen LogP contribution in [0.1, 0.15) is 11.9 Å². The number of benzene rings is 1. The van der Waals surface area contributed by atoms with E-state index < -0.39 is 0 Å². The summed E-state index contributed by atoms with van der Waals surface area (Å²) in [6.45, 7) is 1.54. The van der Waals surface area contributed by atoms with Crippen LogP contribution in [0.2, 0.25) is 5.02 Å². The molecule has 19 heavy (non-hydrogen) atoms. The average molecular weight is 282 g/mol. The van der Waals surface area contributed by atoms with Crippen LogP contribution in [-0.2, 0) is 9.47 Å². The maximum Gasteiger partial charge on any atom is 0.260 e. The zero-order valence-corrected chi connectivity index (χ0v) is 10.8. The number of anilines is 1. The summed E-state index contributed by atoms with van der Waals surface area (Å²) >= 11 is 5.85. The molecule has 1 unspecified atom stereocenters. The van der Waals surface area contributed by atoms with Gasteiger partial charge in [0.25, 0.3) is 5.89 Å². The van der Waals surface area contributed by atoms with Gasteiger partial charge in [0.1, 0.15) is 6.10 Å². The molecule has 0 saturated carbocycles. The predicted molar refractivity (Wildman–Crippen MR) is 68.7 cm³/mol. The zero-order chi connectivity index (χ0) is 13.2. The third-order valence-corrected chi connectivity index (χ3v) is 3.02. The van der Waals surface area contributed by atoms with E-state index in [1.165, 1.54) is 0 Å². The van der Waals surface area contributed by atoms with Gasteiger partial charge in [0.2, 0.25) is 5.82 Å². The zero-order valence-electron chi connectivity index (χ0n) is 10.0. The molecule has 1 atom stereocenters. The molecule has 0 bridgehead atoms. The van der Waals surface area contributed by atoms with Gasteiger partial charge in [-0.1, -0.05) is 16.8 Å². The highest BCUT2D eigenvalue weighted by Gasteiger charge is 2.23. The lowest BCUT2D eigenvalue weighted by Gasteiger charge is -2.19. The molecule has 6 nitrogen and oxygen atoms in total. The van der Waals surface area contributed by atoms with E-state index in [1.807, 2.05) is 0 Å². The number of hydrogen-bond acceptors (Lipinski definition) is 6. The van der Waals surface area contributed by atoms with Crippen molar-refractivity contribution < 1.29 is 14.0 Å². The second-order valence-electron chi connectivity index (χ2n) is 4.12. The van der Waals surface area contributed by atoms with Gasteiger partial charge < -0.3 is 19.7 Å². The first-order valence-corrected chi connectivity index (χ1v) is 6.20. The van der Waals surface area contributed by atoms with Gasteiger partial charge in [-0.05, 0) is 18.2 Å². The number of nitrogens with zero attached hydrogens (tertiary/aromatic N) is 2. The van der Waals surface area contributed by atoms with Gasteiger partial charge in [0.15, 0.2) is 0 Å². The Morgan fingerprint density at radius 2 is 2.21 bits per heavy atom. The van der Waals surface area contributed by atoms with Crippen LogP contribution in [0.5, 0.6) is 0 Å². The SMILES string of the molecule is Nc1cc(Cl)ccc1-c1nc(C2COCCO2)no1. The highest BCUT2D eigenvalue weighted by Crippen LogP contribution is 2.28. The summed E-state index contributed by atoms with van der Waals surface area (Å²) in [5.74, 6) is 0.808. The predicted octanol–water partition coefficient (Wildman–Crippen LogP) is 2.06. The summed E-state index contributed by atoms with van der Waals surface area (Å²) in [5, 5.41) is 4.46. The van der Waals surface area contributed by atoms with Gasteiger partial charge in [-0.25, -0.2) is 0 Å². The van der Waals surface area contributed by atoms with Crippen LogP contribution < -0.4 is 5.73 Å². The second kappa shape index (κ2) is 5.16. The second-order valence-corrected chi connectivity index (χ2v) is 4.56.